The van der Waals surface area contributed by atoms with Crippen molar-refractivity contribution in [3.8, 4) is 0 Å². The predicted octanol–water partition coefficient (Wildman–Crippen LogP) is 3.56. The highest BCUT2D eigenvalue weighted by Crippen LogP contribution is 2.48. The zero-order valence-electron chi connectivity index (χ0n) is 10.0. The van der Waals surface area contributed by atoms with E-state index in [-0.39, 0.29) is 5.92 Å². The van der Waals surface area contributed by atoms with Gasteiger partial charge in [0.2, 0.25) is 0 Å². The van der Waals surface area contributed by atoms with Crippen LogP contribution in [0.25, 0.3) is 0 Å². The fourth-order valence-corrected chi connectivity index (χ4v) is 2.20. The molecule has 1 N–H and O–H groups in total. The molecule has 0 amide bonds. The lowest BCUT2D eigenvalue weighted by molar-refractivity contribution is -0.137. The third kappa shape index (κ3) is 3.02. The first-order valence-corrected chi connectivity index (χ1v) is 6.00. The summed E-state index contributed by atoms with van der Waals surface area (Å²) in [6.07, 6.45) is -3.66. The third-order valence-corrected chi connectivity index (χ3v) is 3.25. The van der Waals surface area contributed by atoms with Crippen LogP contribution in [0.2, 0.25) is 0 Å². The van der Waals surface area contributed by atoms with Crippen LogP contribution in [0.4, 0.5) is 17.6 Å². The maximum Gasteiger partial charge on any atom is 0.416 e. The molecule has 1 aliphatic rings. The van der Waals surface area contributed by atoms with Crippen molar-refractivity contribution in [3.05, 3.63) is 35.1 Å². The molecule has 0 radical (unpaired) electrons. The Morgan fingerprint density at radius 2 is 2.00 bits per heavy atom. The average Bonchev–Trinajstić information content (AvgIpc) is 3.03. The molecule has 0 heterocycles. The second-order valence-electron chi connectivity index (χ2n) is 4.68. The normalized spacial score (nSPS) is 23.2. The van der Waals surface area contributed by atoms with Crippen molar-refractivity contribution in [1.29, 1.82) is 0 Å². The molecule has 0 aliphatic heterocycles. The fourth-order valence-electron chi connectivity index (χ4n) is 2.20. The maximum absolute atomic E-state index is 13.2. The largest absolute Gasteiger partial charge is 0.416 e. The van der Waals surface area contributed by atoms with Crippen LogP contribution in [-0.2, 0) is 6.18 Å². The molecule has 0 bridgehead atoms. The highest BCUT2D eigenvalue weighted by molar-refractivity contribution is 5.32. The van der Waals surface area contributed by atoms with Gasteiger partial charge in [-0.3, -0.25) is 0 Å². The van der Waals surface area contributed by atoms with E-state index in [9.17, 15) is 17.6 Å². The zero-order chi connectivity index (χ0) is 13.3. The second kappa shape index (κ2) is 4.88. The van der Waals surface area contributed by atoms with Crippen molar-refractivity contribution in [2.45, 2.75) is 25.4 Å². The summed E-state index contributed by atoms with van der Waals surface area (Å²) in [5.41, 5.74) is -0.433. The second-order valence-corrected chi connectivity index (χ2v) is 4.68. The summed E-state index contributed by atoms with van der Waals surface area (Å²) >= 11 is 0. The summed E-state index contributed by atoms with van der Waals surface area (Å²) in [6, 6.07) is 2.83. The SMILES string of the molecule is CCNCC1CC1c1cc(F)cc(C(F)(F)F)c1. The molecule has 2 unspecified atom stereocenters. The minimum Gasteiger partial charge on any atom is -0.317 e. The zero-order valence-corrected chi connectivity index (χ0v) is 10.0. The van der Waals surface area contributed by atoms with Gasteiger partial charge in [0, 0.05) is 0 Å². The van der Waals surface area contributed by atoms with E-state index in [0.29, 0.717) is 17.5 Å². The first kappa shape index (κ1) is 13.3. The molecule has 1 aromatic rings. The van der Waals surface area contributed by atoms with Crippen molar-refractivity contribution >= 4 is 0 Å². The van der Waals surface area contributed by atoms with Gasteiger partial charge in [0.05, 0.1) is 5.56 Å². The number of benzene rings is 1. The van der Waals surface area contributed by atoms with E-state index in [1.54, 1.807) is 0 Å². The van der Waals surface area contributed by atoms with Crippen molar-refractivity contribution in [3.63, 3.8) is 0 Å². The van der Waals surface area contributed by atoms with Crippen LogP contribution in [0, 0.1) is 11.7 Å². The maximum atomic E-state index is 13.2. The van der Waals surface area contributed by atoms with Crippen LogP contribution in [0.5, 0.6) is 0 Å². The van der Waals surface area contributed by atoms with Crippen LogP contribution in [-0.4, -0.2) is 13.1 Å². The molecular weight excluding hydrogens is 246 g/mol. The van der Waals surface area contributed by atoms with Gasteiger partial charge in [0.15, 0.2) is 0 Å². The molecule has 1 aliphatic carbocycles. The van der Waals surface area contributed by atoms with E-state index in [4.69, 9.17) is 0 Å². The van der Waals surface area contributed by atoms with Crippen LogP contribution in [0.15, 0.2) is 18.2 Å². The van der Waals surface area contributed by atoms with Crippen molar-refractivity contribution in [2.75, 3.05) is 13.1 Å². The Balaban J connectivity index is 2.13. The van der Waals surface area contributed by atoms with E-state index < -0.39 is 17.6 Å². The van der Waals surface area contributed by atoms with Gasteiger partial charge in [0.25, 0.3) is 0 Å². The first-order chi connectivity index (χ1) is 8.41. The lowest BCUT2D eigenvalue weighted by Gasteiger charge is -2.09. The number of alkyl halides is 3. The van der Waals surface area contributed by atoms with Gasteiger partial charge < -0.3 is 5.32 Å². The quantitative estimate of drug-likeness (QED) is 0.817. The smallest absolute Gasteiger partial charge is 0.317 e. The van der Waals surface area contributed by atoms with Gasteiger partial charge in [0.1, 0.15) is 5.82 Å². The summed E-state index contributed by atoms with van der Waals surface area (Å²) in [4.78, 5) is 0. The van der Waals surface area contributed by atoms with Crippen molar-refractivity contribution in [2.24, 2.45) is 5.92 Å². The monoisotopic (exact) mass is 261 g/mol. The summed E-state index contributed by atoms with van der Waals surface area (Å²) < 4.78 is 50.9. The molecular formula is C13H15F4N. The minimum atomic E-state index is -4.48. The Morgan fingerprint density at radius 3 is 2.61 bits per heavy atom. The molecule has 18 heavy (non-hydrogen) atoms. The Kier molecular flexibility index (Phi) is 3.61. The lowest BCUT2D eigenvalue weighted by Crippen LogP contribution is -2.16. The highest BCUT2D eigenvalue weighted by Gasteiger charge is 2.39. The molecule has 100 valence electrons. The van der Waals surface area contributed by atoms with E-state index in [1.165, 1.54) is 6.07 Å². The fraction of sp³-hybridized carbons (Fsp3) is 0.538. The highest BCUT2D eigenvalue weighted by atomic mass is 19.4. The Hall–Kier alpha value is -1.10. The molecule has 2 rings (SSSR count). The van der Waals surface area contributed by atoms with E-state index in [0.717, 1.165) is 25.6 Å². The standard InChI is InChI=1S/C13H15F4N/c1-2-18-7-9-5-12(9)8-3-10(13(15,16)17)6-11(14)4-8/h3-4,6,9,12,18H,2,5,7H2,1H3. The summed E-state index contributed by atoms with van der Waals surface area (Å²) in [5.74, 6) is -0.428. The van der Waals surface area contributed by atoms with Gasteiger partial charge in [-0.05, 0) is 55.1 Å². The third-order valence-electron chi connectivity index (χ3n) is 3.25. The van der Waals surface area contributed by atoms with Crippen molar-refractivity contribution in [1.82, 2.24) is 5.32 Å². The lowest BCUT2D eigenvalue weighted by atomic mass is 10.0. The molecule has 5 heteroatoms. The van der Waals surface area contributed by atoms with Crippen molar-refractivity contribution < 1.29 is 17.6 Å². The Bertz CT molecular complexity index is 427. The van der Waals surface area contributed by atoms with Crippen LogP contribution in [0.3, 0.4) is 0 Å². The number of halogens is 4. The average molecular weight is 261 g/mol. The van der Waals surface area contributed by atoms with Gasteiger partial charge in [-0.15, -0.1) is 0 Å². The summed E-state index contributed by atoms with van der Waals surface area (Å²) in [6.45, 7) is 3.58. The topological polar surface area (TPSA) is 12.0 Å². The Morgan fingerprint density at radius 1 is 1.28 bits per heavy atom. The van der Waals surface area contributed by atoms with Crippen LogP contribution >= 0.6 is 0 Å². The summed E-state index contributed by atoms with van der Waals surface area (Å²) in [5, 5.41) is 3.15. The van der Waals surface area contributed by atoms with E-state index in [2.05, 4.69) is 5.32 Å². The summed E-state index contributed by atoms with van der Waals surface area (Å²) in [7, 11) is 0. The Labute approximate surface area is 103 Å². The number of hydrogen-bond donors (Lipinski definition) is 1. The molecule has 1 aromatic carbocycles. The molecule has 0 aromatic heterocycles. The predicted molar refractivity (Wildman–Crippen MR) is 60.8 cm³/mol. The van der Waals surface area contributed by atoms with Gasteiger partial charge in [-0.1, -0.05) is 6.92 Å². The number of hydrogen-bond acceptors (Lipinski definition) is 1. The van der Waals surface area contributed by atoms with Crippen LogP contribution < -0.4 is 5.32 Å². The molecule has 0 saturated heterocycles. The first-order valence-electron chi connectivity index (χ1n) is 6.00. The number of nitrogens with one attached hydrogen (secondary N) is 1. The molecule has 1 saturated carbocycles. The molecule has 1 fully saturated rings. The van der Waals surface area contributed by atoms with E-state index in [1.807, 2.05) is 6.92 Å². The molecule has 2 atom stereocenters. The van der Waals surface area contributed by atoms with E-state index >= 15 is 0 Å². The van der Waals surface area contributed by atoms with Gasteiger partial charge >= 0.3 is 6.18 Å². The van der Waals surface area contributed by atoms with Gasteiger partial charge in [-0.25, -0.2) is 4.39 Å². The minimum absolute atomic E-state index is 0.0563. The van der Waals surface area contributed by atoms with Crippen LogP contribution in [0.1, 0.15) is 30.4 Å². The molecule has 0 spiro atoms. The molecule has 1 nitrogen and oxygen atoms in total. The number of rotatable bonds is 4. The van der Waals surface area contributed by atoms with Gasteiger partial charge in [-0.2, -0.15) is 13.2 Å².